The van der Waals surface area contributed by atoms with Gasteiger partial charge >= 0.3 is 0 Å². The number of nitriles is 2. The number of aldehydes is 1. The molecule has 2 rings (SSSR count). The topological polar surface area (TPSA) is 83.1 Å². The van der Waals surface area contributed by atoms with E-state index in [4.69, 9.17) is 20.0 Å². The molecule has 102 valence electrons. The zero-order valence-electron chi connectivity index (χ0n) is 11.2. The van der Waals surface area contributed by atoms with Gasteiger partial charge in [-0.05, 0) is 30.3 Å². The molecule has 0 atom stereocenters. The number of hydrogen-bond acceptors (Lipinski definition) is 5. The summed E-state index contributed by atoms with van der Waals surface area (Å²) in [7, 11) is 1.47. The highest BCUT2D eigenvalue weighted by molar-refractivity contribution is 5.81. The van der Waals surface area contributed by atoms with Crippen LogP contribution in [-0.2, 0) is 0 Å². The number of nitrogens with zero attached hydrogens (tertiary/aromatic N) is 2. The van der Waals surface area contributed by atoms with Gasteiger partial charge in [0.25, 0.3) is 0 Å². The lowest BCUT2D eigenvalue weighted by Crippen LogP contribution is -1.95. The number of hydrogen-bond donors (Lipinski definition) is 0. The molecule has 2 aromatic carbocycles. The molecule has 0 aliphatic heterocycles. The van der Waals surface area contributed by atoms with E-state index in [1.165, 1.54) is 19.2 Å². The van der Waals surface area contributed by atoms with Crippen LogP contribution >= 0.6 is 0 Å². The Morgan fingerprint density at radius 2 is 1.86 bits per heavy atom. The zero-order chi connectivity index (χ0) is 15.2. The lowest BCUT2D eigenvalue weighted by molar-refractivity contribution is 0.112. The van der Waals surface area contributed by atoms with E-state index in [1.807, 2.05) is 12.1 Å². The lowest BCUT2D eigenvalue weighted by Gasteiger charge is -2.12. The summed E-state index contributed by atoms with van der Waals surface area (Å²) < 4.78 is 10.8. The Hall–Kier alpha value is -3.31. The van der Waals surface area contributed by atoms with Crippen LogP contribution in [0.15, 0.2) is 36.4 Å². The van der Waals surface area contributed by atoms with Crippen molar-refractivity contribution in [2.45, 2.75) is 0 Å². The predicted octanol–water partition coefficient (Wildman–Crippen LogP) is 3.04. The minimum absolute atomic E-state index is 0.206. The van der Waals surface area contributed by atoms with Crippen molar-refractivity contribution in [3.8, 4) is 29.4 Å². The van der Waals surface area contributed by atoms with E-state index in [-0.39, 0.29) is 16.9 Å². The Kier molecular flexibility index (Phi) is 4.18. The second-order valence-corrected chi connectivity index (χ2v) is 4.03. The zero-order valence-corrected chi connectivity index (χ0v) is 11.2. The Balaban J connectivity index is 2.46. The van der Waals surface area contributed by atoms with Crippen molar-refractivity contribution in [1.82, 2.24) is 0 Å². The lowest BCUT2D eigenvalue weighted by atomic mass is 10.1. The number of rotatable bonds is 4. The van der Waals surface area contributed by atoms with Crippen LogP contribution in [0.4, 0.5) is 0 Å². The van der Waals surface area contributed by atoms with Crippen molar-refractivity contribution < 1.29 is 14.3 Å². The molecule has 0 fully saturated rings. The normalized spacial score (nSPS) is 9.29. The molecule has 0 aliphatic rings. The minimum atomic E-state index is 0.206. The second kappa shape index (κ2) is 6.23. The molecule has 0 bridgehead atoms. The van der Waals surface area contributed by atoms with Crippen molar-refractivity contribution in [3.63, 3.8) is 0 Å². The first-order valence-electron chi connectivity index (χ1n) is 5.97. The molecule has 2 aromatic rings. The molecule has 0 aliphatic carbocycles. The fraction of sp³-hybridized carbons (Fsp3) is 0.0625. The van der Waals surface area contributed by atoms with Gasteiger partial charge in [-0.25, -0.2) is 0 Å². The van der Waals surface area contributed by atoms with Gasteiger partial charge in [0.15, 0.2) is 17.8 Å². The number of carbonyl (C=O) groups is 1. The van der Waals surface area contributed by atoms with Gasteiger partial charge in [-0.2, -0.15) is 10.5 Å². The summed E-state index contributed by atoms with van der Waals surface area (Å²) in [4.78, 5) is 11.1. The third kappa shape index (κ3) is 2.83. The van der Waals surface area contributed by atoms with E-state index in [0.29, 0.717) is 23.3 Å². The summed E-state index contributed by atoms with van der Waals surface area (Å²) in [5.74, 6) is 1.02. The standard InChI is InChI=1S/C16H10N2O3/c1-20-15-4-2-3-12(10-19)16(15)21-14-6-5-11(8-17)13(7-14)9-18/h2-7,10H,1H3. The molecule has 5 heteroatoms. The summed E-state index contributed by atoms with van der Waals surface area (Å²) in [6, 6.07) is 13.3. The van der Waals surface area contributed by atoms with Crippen molar-refractivity contribution in [1.29, 1.82) is 10.5 Å². The van der Waals surface area contributed by atoms with Crippen LogP contribution < -0.4 is 9.47 Å². The maximum Gasteiger partial charge on any atom is 0.179 e. The van der Waals surface area contributed by atoms with E-state index in [1.54, 1.807) is 24.3 Å². The molecule has 5 nitrogen and oxygen atoms in total. The molecule has 0 saturated carbocycles. The Bertz CT molecular complexity index is 770. The Morgan fingerprint density at radius 1 is 1.10 bits per heavy atom. The van der Waals surface area contributed by atoms with Crippen LogP contribution in [0, 0.1) is 22.7 Å². The summed E-state index contributed by atoms with van der Waals surface area (Å²) in [6.07, 6.45) is 0.659. The Labute approximate surface area is 121 Å². The molecule has 0 heterocycles. The van der Waals surface area contributed by atoms with Crippen molar-refractivity contribution >= 4 is 6.29 Å². The number of ether oxygens (including phenoxy) is 2. The largest absolute Gasteiger partial charge is 0.493 e. The smallest absolute Gasteiger partial charge is 0.179 e. The molecule has 21 heavy (non-hydrogen) atoms. The summed E-state index contributed by atoms with van der Waals surface area (Å²) in [5.41, 5.74) is 0.801. The van der Waals surface area contributed by atoms with E-state index >= 15 is 0 Å². The van der Waals surface area contributed by atoms with Crippen molar-refractivity contribution in [2.24, 2.45) is 0 Å². The van der Waals surface area contributed by atoms with Crippen LogP contribution in [0.5, 0.6) is 17.2 Å². The first-order chi connectivity index (χ1) is 10.2. The number of carbonyl (C=O) groups excluding carboxylic acids is 1. The van der Waals surface area contributed by atoms with Crippen molar-refractivity contribution in [3.05, 3.63) is 53.1 Å². The molecule has 0 radical (unpaired) electrons. The summed E-state index contributed by atoms with van der Waals surface area (Å²) in [5, 5.41) is 17.9. The van der Waals surface area contributed by atoms with E-state index < -0.39 is 0 Å². The van der Waals surface area contributed by atoms with Gasteiger partial charge in [0.2, 0.25) is 0 Å². The molecule has 0 spiro atoms. The highest BCUT2D eigenvalue weighted by Gasteiger charge is 2.12. The van der Waals surface area contributed by atoms with Crippen LogP contribution in [0.3, 0.4) is 0 Å². The first kappa shape index (κ1) is 14.1. The van der Waals surface area contributed by atoms with E-state index in [2.05, 4.69) is 0 Å². The van der Waals surface area contributed by atoms with Gasteiger partial charge in [0, 0.05) is 0 Å². The monoisotopic (exact) mass is 278 g/mol. The maximum atomic E-state index is 11.1. The van der Waals surface area contributed by atoms with Gasteiger partial charge in [-0.1, -0.05) is 6.07 Å². The van der Waals surface area contributed by atoms with E-state index in [9.17, 15) is 4.79 Å². The van der Waals surface area contributed by atoms with Gasteiger partial charge in [-0.3, -0.25) is 4.79 Å². The van der Waals surface area contributed by atoms with Crippen molar-refractivity contribution in [2.75, 3.05) is 7.11 Å². The van der Waals surface area contributed by atoms with Gasteiger partial charge in [-0.15, -0.1) is 0 Å². The predicted molar refractivity (Wildman–Crippen MR) is 74.3 cm³/mol. The average Bonchev–Trinajstić information content (AvgIpc) is 2.54. The molecule has 0 amide bonds. The number of benzene rings is 2. The van der Waals surface area contributed by atoms with E-state index in [0.717, 1.165) is 0 Å². The summed E-state index contributed by atoms with van der Waals surface area (Å²) in [6.45, 7) is 0. The molecular formula is C16H10N2O3. The minimum Gasteiger partial charge on any atom is -0.493 e. The number of methoxy groups -OCH3 is 1. The second-order valence-electron chi connectivity index (χ2n) is 4.03. The SMILES string of the molecule is COc1cccc(C=O)c1Oc1ccc(C#N)c(C#N)c1. The molecule has 0 saturated heterocycles. The molecular weight excluding hydrogens is 268 g/mol. The maximum absolute atomic E-state index is 11.1. The van der Waals surface area contributed by atoms with Crippen LogP contribution in [0.25, 0.3) is 0 Å². The number of para-hydroxylation sites is 1. The molecule has 0 aromatic heterocycles. The highest BCUT2D eigenvalue weighted by atomic mass is 16.5. The van der Waals surface area contributed by atoms with Gasteiger partial charge < -0.3 is 9.47 Å². The third-order valence-corrected chi connectivity index (χ3v) is 2.81. The summed E-state index contributed by atoms with van der Waals surface area (Å²) >= 11 is 0. The fourth-order valence-electron chi connectivity index (χ4n) is 1.79. The Morgan fingerprint density at radius 3 is 2.48 bits per heavy atom. The molecule has 0 unspecified atom stereocenters. The highest BCUT2D eigenvalue weighted by Crippen LogP contribution is 2.34. The van der Waals surface area contributed by atoms with Crippen LogP contribution in [0.1, 0.15) is 21.5 Å². The quantitative estimate of drug-likeness (QED) is 0.802. The molecule has 0 N–H and O–H groups in total. The van der Waals surface area contributed by atoms with Gasteiger partial charge in [0.1, 0.15) is 17.9 Å². The fourth-order valence-corrected chi connectivity index (χ4v) is 1.79. The third-order valence-electron chi connectivity index (χ3n) is 2.81. The van der Waals surface area contributed by atoms with Gasteiger partial charge in [0.05, 0.1) is 23.8 Å². The average molecular weight is 278 g/mol. The first-order valence-corrected chi connectivity index (χ1v) is 5.97. The van der Waals surface area contributed by atoms with Crippen LogP contribution in [-0.4, -0.2) is 13.4 Å². The van der Waals surface area contributed by atoms with Crippen LogP contribution in [0.2, 0.25) is 0 Å².